The third-order valence-corrected chi connectivity index (χ3v) is 2.21. The summed E-state index contributed by atoms with van der Waals surface area (Å²) in [6.45, 7) is 7.31. The van der Waals surface area contributed by atoms with Gasteiger partial charge in [0, 0.05) is 25.8 Å². The predicted octanol–water partition coefficient (Wildman–Crippen LogP) is 1.02. The monoisotopic (exact) mass is 189 g/mol. The SMILES string of the molecule is COCCC(N[C@H](C)CO)C(C)C. The number of ether oxygens (including phenoxy) is 1. The molecule has 0 saturated carbocycles. The van der Waals surface area contributed by atoms with Gasteiger partial charge in [0.2, 0.25) is 0 Å². The number of hydrogen-bond acceptors (Lipinski definition) is 3. The van der Waals surface area contributed by atoms with Gasteiger partial charge < -0.3 is 15.2 Å². The summed E-state index contributed by atoms with van der Waals surface area (Å²) in [5, 5.41) is 12.3. The van der Waals surface area contributed by atoms with Crippen molar-refractivity contribution in [3.8, 4) is 0 Å². The highest BCUT2D eigenvalue weighted by molar-refractivity contribution is 4.73. The Labute approximate surface area is 81.5 Å². The van der Waals surface area contributed by atoms with Crippen LogP contribution >= 0.6 is 0 Å². The van der Waals surface area contributed by atoms with Crippen LogP contribution in [0.4, 0.5) is 0 Å². The fourth-order valence-corrected chi connectivity index (χ4v) is 1.27. The second kappa shape index (κ2) is 7.30. The molecular weight excluding hydrogens is 166 g/mol. The van der Waals surface area contributed by atoms with Gasteiger partial charge in [0.25, 0.3) is 0 Å². The summed E-state index contributed by atoms with van der Waals surface area (Å²) in [4.78, 5) is 0. The fraction of sp³-hybridized carbons (Fsp3) is 1.00. The van der Waals surface area contributed by atoms with Crippen molar-refractivity contribution in [2.24, 2.45) is 5.92 Å². The lowest BCUT2D eigenvalue weighted by Crippen LogP contribution is -2.42. The van der Waals surface area contributed by atoms with Crippen LogP contribution in [0.1, 0.15) is 27.2 Å². The van der Waals surface area contributed by atoms with Gasteiger partial charge >= 0.3 is 0 Å². The van der Waals surface area contributed by atoms with Crippen molar-refractivity contribution >= 4 is 0 Å². The summed E-state index contributed by atoms with van der Waals surface area (Å²) in [5.41, 5.74) is 0. The van der Waals surface area contributed by atoms with Crippen LogP contribution in [-0.4, -0.2) is 37.5 Å². The second-order valence-electron chi connectivity index (χ2n) is 3.88. The maximum atomic E-state index is 8.90. The average Bonchev–Trinajstić information content (AvgIpc) is 2.11. The second-order valence-corrected chi connectivity index (χ2v) is 3.88. The first-order valence-electron chi connectivity index (χ1n) is 4.97. The van der Waals surface area contributed by atoms with Crippen LogP contribution in [0.25, 0.3) is 0 Å². The van der Waals surface area contributed by atoms with Crippen LogP contribution in [0.15, 0.2) is 0 Å². The van der Waals surface area contributed by atoms with Crippen molar-refractivity contribution in [1.29, 1.82) is 0 Å². The molecule has 2 N–H and O–H groups in total. The van der Waals surface area contributed by atoms with Gasteiger partial charge in [0.05, 0.1) is 6.61 Å². The number of rotatable bonds is 7. The van der Waals surface area contributed by atoms with Gasteiger partial charge in [-0.2, -0.15) is 0 Å². The first-order valence-corrected chi connectivity index (χ1v) is 4.97. The average molecular weight is 189 g/mol. The van der Waals surface area contributed by atoms with E-state index in [1.165, 1.54) is 0 Å². The van der Waals surface area contributed by atoms with Gasteiger partial charge in [-0.05, 0) is 19.3 Å². The Kier molecular flexibility index (Phi) is 7.23. The van der Waals surface area contributed by atoms with Crippen LogP contribution in [0.3, 0.4) is 0 Å². The van der Waals surface area contributed by atoms with Gasteiger partial charge in [-0.1, -0.05) is 13.8 Å². The Bertz CT molecular complexity index is 117. The van der Waals surface area contributed by atoms with E-state index >= 15 is 0 Å². The standard InChI is InChI=1S/C10H23NO2/c1-8(2)10(5-6-13-4)11-9(3)7-12/h8-12H,5-7H2,1-4H3/t9-,10?/m1/s1. The summed E-state index contributed by atoms with van der Waals surface area (Å²) in [5.74, 6) is 0.573. The molecule has 0 heterocycles. The Morgan fingerprint density at radius 1 is 1.31 bits per heavy atom. The molecule has 0 aliphatic carbocycles. The molecule has 0 radical (unpaired) electrons. The van der Waals surface area contributed by atoms with Gasteiger partial charge in [-0.25, -0.2) is 0 Å². The molecule has 0 aliphatic heterocycles. The van der Waals surface area contributed by atoms with E-state index in [1.54, 1.807) is 7.11 Å². The van der Waals surface area contributed by atoms with E-state index in [0.29, 0.717) is 12.0 Å². The van der Waals surface area contributed by atoms with E-state index in [9.17, 15) is 0 Å². The first kappa shape index (κ1) is 12.9. The Hall–Kier alpha value is -0.120. The van der Waals surface area contributed by atoms with Crippen LogP contribution < -0.4 is 5.32 Å². The van der Waals surface area contributed by atoms with E-state index < -0.39 is 0 Å². The zero-order valence-corrected chi connectivity index (χ0v) is 9.21. The molecule has 0 aromatic rings. The van der Waals surface area contributed by atoms with Gasteiger partial charge in [0.15, 0.2) is 0 Å². The van der Waals surface area contributed by atoms with Gasteiger partial charge in [0.1, 0.15) is 0 Å². The third-order valence-electron chi connectivity index (χ3n) is 2.21. The number of nitrogens with one attached hydrogen (secondary N) is 1. The van der Waals surface area contributed by atoms with E-state index in [-0.39, 0.29) is 12.6 Å². The quantitative estimate of drug-likeness (QED) is 0.628. The molecule has 80 valence electrons. The molecule has 1 unspecified atom stereocenters. The molecule has 3 heteroatoms. The summed E-state index contributed by atoms with van der Waals surface area (Å²) in [6, 6.07) is 0.603. The molecule has 2 atom stereocenters. The van der Waals surface area contributed by atoms with E-state index in [2.05, 4.69) is 19.2 Å². The summed E-state index contributed by atoms with van der Waals surface area (Å²) in [7, 11) is 1.72. The van der Waals surface area contributed by atoms with Crippen molar-refractivity contribution in [2.75, 3.05) is 20.3 Å². The molecule has 3 nitrogen and oxygen atoms in total. The Balaban J connectivity index is 3.79. The van der Waals surface area contributed by atoms with Gasteiger partial charge in [-0.15, -0.1) is 0 Å². The topological polar surface area (TPSA) is 41.5 Å². The lowest BCUT2D eigenvalue weighted by atomic mass is 10.0. The zero-order chi connectivity index (χ0) is 10.3. The fourth-order valence-electron chi connectivity index (χ4n) is 1.27. The van der Waals surface area contributed by atoms with Crippen molar-refractivity contribution < 1.29 is 9.84 Å². The molecule has 0 bridgehead atoms. The minimum atomic E-state index is 0.171. The van der Waals surface area contributed by atoms with Crippen LogP contribution in [0, 0.1) is 5.92 Å². The number of methoxy groups -OCH3 is 1. The number of aliphatic hydroxyl groups is 1. The molecule has 0 spiro atoms. The molecule has 0 fully saturated rings. The van der Waals surface area contributed by atoms with Crippen LogP contribution in [0.2, 0.25) is 0 Å². The Morgan fingerprint density at radius 3 is 2.31 bits per heavy atom. The molecule has 0 aliphatic rings. The molecule has 0 aromatic heterocycles. The zero-order valence-electron chi connectivity index (χ0n) is 9.21. The van der Waals surface area contributed by atoms with E-state index in [1.807, 2.05) is 6.92 Å². The summed E-state index contributed by atoms with van der Waals surface area (Å²) >= 11 is 0. The van der Waals surface area contributed by atoms with Crippen molar-refractivity contribution in [3.05, 3.63) is 0 Å². The molecule has 0 amide bonds. The van der Waals surface area contributed by atoms with E-state index in [4.69, 9.17) is 9.84 Å². The summed E-state index contributed by atoms with van der Waals surface area (Å²) in [6.07, 6.45) is 0.999. The summed E-state index contributed by atoms with van der Waals surface area (Å²) < 4.78 is 5.04. The number of hydrogen-bond donors (Lipinski definition) is 2. The first-order chi connectivity index (χ1) is 6.11. The smallest absolute Gasteiger partial charge is 0.0582 e. The van der Waals surface area contributed by atoms with Crippen LogP contribution in [-0.2, 0) is 4.74 Å². The number of aliphatic hydroxyl groups excluding tert-OH is 1. The third kappa shape index (κ3) is 6.02. The van der Waals surface area contributed by atoms with Crippen molar-refractivity contribution in [3.63, 3.8) is 0 Å². The molecule has 0 saturated heterocycles. The highest BCUT2D eigenvalue weighted by Crippen LogP contribution is 2.07. The largest absolute Gasteiger partial charge is 0.395 e. The normalized spacial score (nSPS) is 16.2. The van der Waals surface area contributed by atoms with Gasteiger partial charge in [-0.3, -0.25) is 0 Å². The van der Waals surface area contributed by atoms with E-state index in [0.717, 1.165) is 13.0 Å². The highest BCUT2D eigenvalue weighted by Gasteiger charge is 2.14. The van der Waals surface area contributed by atoms with Crippen molar-refractivity contribution in [1.82, 2.24) is 5.32 Å². The lowest BCUT2D eigenvalue weighted by molar-refractivity contribution is 0.162. The maximum absolute atomic E-state index is 8.90. The minimum absolute atomic E-state index is 0.171. The molecule has 13 heavy (non-hydrogen) atoms. The molecular formula is C10H23NO2. The molecule has 0 rings (SSSR count). The minimum Gasteiger partial charge on any atom is -0.395 e. The highest BCUT2D eigenvalue weighted by atomic mass is 16.5. The Morgan fingerprint density at radius 2 is 1.92 bits per heavy atom. The predicted molar refractivity (Wildman–Crippen MR) is 54.8 cm³/mol. The lowest BCUT2D eigenvalue weighted by Gasteiger charge is -2.25. The molecule has 0 aromatic carbocycles. The van der Waals surface area contributed by atoms with Crippen LogP contribution in [0.5, 0.6) is 0 Å². The maximum Gasteiger partial charge on any atom is 0.0582 e. The van der Waals surface area contributed by atoms with Crippen molar-refractivity contribution in [2.45, 2.75) is 39.3 Å².